The third kappa shape index (κ3) is 4.37. The van der Waals surface area contributed by atoms with Crippen molar-refractivity contribution in [3.63, 3.8) is 0 Å². The predicted octanol–water partition coefficient (Wildman–Crippen LogP) is 5.88. The number of sulfonamides is 1. The summed E-state index contributed by atoms with van der Waals surface area (Å²) in [4.78, 5) is 0.322. The molecular weight excluding hydrogens is 456 g/mol. The van der Waals surface area contributed by atoms with Crippen LogP contribution in [0.2, 0.25) is 0 Å². The summed E-state index contributed by atoms with van der Waals surface area (Å²) in [6, 6.07) is 23.8. The first-order valence-corrected chi connectivity index (χ1v) is 13.6. The van der Waals surface area contributed by atoms with E-state index in [1.165, 1.54) is 33.3 Å². The Kier molecular flexibility index (Phi) is 6.43. The van der Waals surface area contributed by atoms with Crippen LogP contribution in [0.1, 0.15) is 41.1 Å². The normalized spacial score (nSPS) is 15.5. The Morgan fingerprint density at radius 1 is 0.886 bits per heavy atom. The van der Waals surface area contributed by atoms with Gasteiger partial charge < -0.3 is 9.30 Å². The molecule has 0 radical (unpaired) electrons. The van der Waals surface area contributed by atoms with Crippen LogP contribution in [0.5, 0.6) is 5.75 Å². The van der Waals surface area contributed by atoms with Gasteiger partial charge in [0.2, 0.25) is 10.0 Å². The number of piperidine rings is 1. The van der Waals surface area contributed by atoms with Gasteiger partial charge in [-0.1, -0.05) is 42.5 Å². The Bertz CT molecular complexity index is 1450. The first-order valence-electron chi connectivity index (χ1n) is 12.2. The Morgan fingerprint density at radius 3 is 2.23 bits per heavy atom. The highest BCUT2D eigenvalue weighted by Gasteiger charge is 2.32. The molecule has 182 valence electrons. The van der Waals surface area contributed by atoms with Gasteiger partial charge in [-0.3, -0.25) is 0 Å². The molecule has 1 saturated heterocycles. The molecule has 0 amide bonds. The summed E-state index contributed by atoms with van der Waals surface area (Å²) in [5.41, 5.74) is 6.52. The van der Waals surface area contributed by atoms with Crippen LogP contribution in [-0.4, -0.2) is 37.5 Å². The van der Waals surface area contributed by atoms with Gasteiger partial charge in [0, 0.05) is 36.2 Å². The van der Waals surface area contributed by atoms with Crippen molar-refractivity contribution < 1.29 is 13.2 Å². The summed E-state index contributed by atoms with van der Waals surface area (Å²) in [7, 11) is -1.94. The molecule has 1 aliphatic rings. The lowest BCUT2D eigenvalue weighted by molar-refractivity contribution is 0.319. The number of aromatic nitrogens is 1. The van der Waals surface area contributed by atoms with Crippen LogP contribution in [0.25, 0.3) is 10.9 Å². The Labute approximate surface area is 208 Å². The van der Waals surface area contributed by atoms with Gasteiger partial charge in [0.15, 0.2) is 0 Å². The van der Waals surface area contributed by atoms with Gasteiger partial charge >= 0.3 is 0 Å². The van der Waals surface area contributed by atoms with Gasteiger partial charge in [0.25, 0.3) is 0 Å². The lowest BCUT2D eigenvalue weighted by atomic mass is 9.88. The summed E-state index contributed by atoms with van der Waals surface area (Å²) in [5.74, 6) is 0.987. The van der Waals surface area contributed by atoms with E-state index in [9.17, 15) is 8.42 Å². The van der Waals surface area contributed by atoms with Crippen molar-refractivity contribution >= 4 is 20.9 Å². The van der Waals surface area contributed by atoms with Crippen LogP contribution in [0.15, 0.2) is 77.7 Å². The quantitative estimate of drug-likeness (QED) is 0.340. The first kappa shape index (κ1) is 23.6. The van der Waals surface area contributed by atoms with Crippen molar-refractivity contribution in [3.8, 4) is 5.75 Å². The summed E-state index contributed by atoms with van der Waals surface area (Å²) < 4.78 is 35.7. The number of hydrogen-bond donors (Lipinski definition) is 0. The molecule has 1 aromatic heterocycles. The minimum atomic E-state index is -3.51. The molecule has 0 atom stereocenters. The van der Waals surface area contributed by atoms with Crippen LogP contribution in [-0.2, 0) is 16.6 Å². The average Bonchev–Trinajstić information content (AvgIpc) is 3.16. The molecule has 0 aliphatic carbocycles. The summed E-state index contributed by atoms with van der Waals surface area (Å²) in [5, 5.41) is 1.29. The maximum atomic E-state index is 13.2. The molecule has 1 aliphatic heterocycles. The third-order valence-electron chi connectivity index (χ3n) is 7.43. The molecule has 0 unspecified atom stereocenters. The van der Waals surface area contributed by atoms with E-state index in [2.05, 4.69) is 66.9 Å². The maximum absolute atomic E-state index is 13.2. The van der Waals surface area contributed by atoms with Gasteiger partial charge in [-0.25, -0.2) is 8.42 Å². The second-order valence-corrected chi connectivity index (χ2v) is 11.3. The van der Waals surface area contributed by atoms with Crippen LogP contribution >= 0.6 is 0 Å². The van der Waals surface area contributed by atoms with E-state index in [1.54, 1.807) is 35.7 Å². The fourth-order valence-corrected chi connectivity index (χ4v) is 6.89. The van der Waals surface area contributed by atoms with E-state index < -0.39 is 10.0 Å². The van der Waals surface area contributed by atoms with Gasteiger partial charge in [0.1, 0.15) is 5.75 Å². The third-order valence-corrected chi connectivity index (χ3v) is 9.34. The molecule has 1 fully saturated rings. The minimum absolute atomic E-state index is 0.322. The standard InChI is InChI=1S/C29H32N2O3S/c1-21-8-4-5-9-24(21)20-31-22(2)29(27-10-6-7-11-28(27)31)23-16-18-30(19-17-23)35(32,33)26-14-12-25(34-3)13-15-26/h4-15,23H,16-20H2,1-3H3. The predicted molar refractivity (Wildman–Crippen MR) is 141 cm³/mol. The molecule has 0 bridgehead atoms. The fourth-order valence-electron chi connectivity index (χ4n) is 5.42. The van der Waals surface area contributed by atoms with E-state index in [-0.39, 0.29) is 0 Å². The van der Waals surface area contributed by atoms with E-state index in [4.69, 9.17) is 4.74 Å². The lowest BCUT2D eigenvalue weighted by Gasteiger charge is -2.31. The lowest BCUT2D eigenvalue weighted by Crippen LogP contribution is -2.38. The molecular formula is C29H32N2O3S. The highest BCUT2D eigenvalue weighted by Crippen LogP contribution is 2.39. The van der Waals surface area contributed by atoms with Crippen molar-refractivity contribution in [2.75, 3.05) is 20.2 Å². The Balaban J connectivity index is 1.41. The average molecular weight is 489 g/mol. The van der Waals surface area contributed by atoms with E-state index in [0.717, 1.165) is 19.4 Å². The molecule has 5 rings (SSSR count). The molecule has 35 heavy (non-hydrogen) atoms. The molecule has 6 heteroatoms. The van der Waals surface area contributed by atoms with Crippen LogP contribution < -0.4 is 4.74 Å². The maximum Gasteiger partial charge on any atom is 0.243 e. The Morgan fingerprint density at radius 2 is 1.54 bits per heavy atom. The summed E-state index contributed by atoms with van der Waals surface area (Å²) in [6.45, 7) is 6.26. The van der Waals surface area contributed by atoms with Crippen LogP contribution in [0.3, 0.4) is 0 Å². The number of benzene rings is 3. The van der Waals surface area contributed by atoms with Gasteiger partial charge in [-0.15, -0.1) is 0 Å². The van der Waals surface area contributed by atoms with Crippen molar-refractivity contribution in [2.45, 2.75) is 44.0 Å². The molecule has 0 N–H and O–H groups in total. The van der Waals surface area contributed by atoms with Gasteiger partial charge in [0.05, 0.1) is 12.0 Å². The smallest absolute Gasteiger partial charge is 0.243 e. The van der Waals surface area contributed by atoms with Crippen molar-refractivity contribution in [1.82, 2.24) is 8.87 Å². The van der Waals surface area contributed by atoms with Gasteiger partial charge in [-0.2, -0.15) is 4.31 Å². The molecule has 3 aromatic carbocycles. The second-order valence-electron chi connectivity index (χ2n) is 9.38. The first-order chi connectivity index (χ1) is 16.9. The second kappa shape index (κ2) is 9.51. The van der Waals surface area contributed by atoms with E-state index in [0.29, 0.717) is 29.7 Å². The molecule has 5 nitrogen and oxygen atoms in total. The van der Waals surface area contributed by atoms with Crippen molar-refractivity contribution in [2.24, 2.45) is 0 Å². The van der Waals surface area contributed by atoms with Crippen LogP contribution in [0, 0.1) is 13.8 Å². The van der Waals surface area contributed by atoms with E-state index >= 15 is 0 Å². The highest BCUT2D eigenvalue weighted by molar-refractivity contribution is 7.89. The molecule has 2 heterocycles. The number of fused-ring (bicyclic) bond motifs is 1. The molecule has 0 saturated carbocycles. The zero-order chi connectivity index (χ0) is 24.6. The van der Waals surface area contributed by atoms with Crippen molar-refractivity contribution in [1.29, 1.82) is 0 Å². The number of methoxy groups -OCH3 is 1. The number of aryl methyl sites for hydroxylation is 1. The zero-order valence-electron chi connectivity index (χ0n) is 20.6. The fraction of sp³-hybridized carbons (Fsp3) is 0.310. The van der Waals surface area contributed by atoms with Crippen LogP contribution in [0.4, 0.5) is 0 Å². The molecule has 0 spiro atoms. The molecule has 4 aromatic rings. The summed E-state index contributed by atoms with van der Waals surface area (Å²) >= 11 is 0. The number of ether oxygens (including phenoxy) is 1. The number of para-hydroxylation sites is 1. The number of nitrogens with zero attached hydrogens (tertiary/aromatic N) is 2. The zero-order valence-corrected chi connectivity index (χ0v) is 21.4. The monoisotopic (exact) mass is 488 g/mol. The highest BCUT2D eigenvalue weighted by atomic mass is 32.2. The Hall–Kier alpha value is -3.09. The number of hydrogen-bond acceptors (Lipinski definition) is 3. The summed E-state index contributed by atoms with van der Waals surface area (Å²) in [6.07, 6.45) is 1.63. The number of rotatable bonds is 6. The van der Waals surface area contributed by atoms with E-state index in [1.807, 2.05) is 0 Å². The van der Waals surface area contributed by atoms with Gasteiger partial charge in [-0.05, 0) is 79.6 Å². The largest absolute Gasteiger partial charge is 0.497 e. The van der Waals surface area contributed by atoms with Crippen molar-refractivity contribution in [3.05, 3.63) is 95.2 Å². The topological polar surface area (TPSA) is 51.5 Å². The minimum Gasteiger partial charge on any atom is -0.497 e. The SMILES string of the molecule is COc1ccc(S(=O)(=O)N2CCC(c3c(C)n(Cc4ccccc4C)c4ccccc34)CC2)cc1.